The molecule has 0 aliphatic carbocycles. The lowest BCUT2D eigenvalue weighted by atomic mass is 10.2. The van der Waals surface area contributed by atoms with Crippen LogP contribution in [0.3, 0.4) is 0 Å². The molecule has 0 saturated carbocycles. The Kier molecular flexibility index (Phi) is 5.99. The Morgan fingerprint density at radius 3 is 2.57 bits per heavy atom. The third-order valence-corrected chi connectivity index (χ3v) is 5.69. The highest BCUT2D eigenvalue weighted by Gasteiger charge is 2.18. The van der Waals surface area contributed by atoms with E-state index in [1.807, 2.05) is 61.5 Å². The zero-order valence-electron chi connectivity index (χ0n) is 16.5. The van der Waals surface area contributed by atoms with Crippen molar-refractivity contribution in [3.8, 4) is 0 Å². The molecule has 1 amide bonds. The maximum atomic E-state index is 13.1. The smallest absolute Gasteiger partial charge is 0.262 e. The van der Waals surface area contributed by atoms with Crippen LogP contribution in [0.2, 0.25) is 0 Å². The third kappa shape index (κ3) is 4.16. The lowest BCUT2D eigenvalue weighted by Crippen LogP contribution is -2.32. The first-order valence-electron chi connectivity index (χ1n) is 9.67. The molecule has 0 spiro atoms. The maximum absolute atomic E-state index is 13.1. The minimum Gasteiger partial charge on any atom is -0.467 e. The molecule has 2 aromatic heterocycles. The van der Waals surface area contributed by atoms with E-state index in [-0.39, 0.29) is 23.8 Å². The van der Waals surface area contributed by atoms with E-state index in [1.54, 1.807) is 27.9 Å². The summed E-state index contributed by atoms with van der Waals surface area (Å²) in [6.07, 6.45) is 1.57. The topological polar surface area (TPSA) is 68.3 Å². The zero-order chi connectivity index (χ0) is 20.9. The summed E-state index contributed by atoms with van der Waals surface area (Å²) in [6.45, 7) is 2.76. The molecule has 0 atom stereocenters. The Balaban J connectivity index is 1.64. The van der Waals surface area contributed by atoms with Crippen LogP contribution in [0, 0.1) is 0 Å². The average molecular weight is 420 g/mol. The fourth-order valence-electron chi connectivity index (χ4n) is 3.27. The lowest BCUT2D eigenvalue weighted by molar-refractivity contribution is -0.116. The number of benzene rings is 2. The molecule has 0 N–H and O–H groups in total. The van der Waals surface area contributed by atoms with E-state index in [0.717, 1.165) is 5.69 Å². The molecular weight excluding hydrogens is 398 g/mol. The summed E-state index contributed by atoms with van der Waals surface area (Å²) in [6, 6.07) is 20.4. The molecule has 0 aliphatic rings. The molecule has 0 fully saturated rings. The number of para-hydroxylation sites is 2. The number of aromatic nitrogens is 2. The van der Waals surface area contributed by atoms with Gasteiger partial charge in [-0.25, -0.2) is 4.98 Å². The van der Waals surface area contributed by atoms with Gasteiger partial charge in [-0.05, 0) is 43.3 Å². The van der Waals surface area contributed by atoms with Gasteiger partial charge in [0, 0.05) is 12.2 Å². The van der Waals surface area contributed by atoms with Crippen LogP contribution in [-0.2, 0) is 11.3 Å². The summed E-state index contributed by atoms with van der Waals surface area (Å²) in [5.41, 5.74) is 1.32. The van der Waals surface area contributed by atoms with Crippen molar-refractivity contribution in [1.29, 1.82) is 0 Å². The predicted octanol–water partition coefficient (Wildman–Crippen LogP) is 4.18. The highest BCUT2D eigenvalue weighted by atomic mass is 32.2. The van der Waals surface area contributed by atoms with Gasteiger partial charge in [0.15, 0.2) is 5.16 Å². The Morgan fingerprint density at radius 2 is 1.83 bits per heavy atom. The fraction of sp³-hybridized carbons (Fsp3) is 0.174. The van der Waals surface area contributed by atoms with Crippen molar-refractivity contribution in [2.75, 3.05) is 17.2 Å². The number of hydrogen-bond acceptors (Lipinski definition) is 5. The van der Waals surface area contributed by atoms with Gasteiger partial charge in [-0.15, -0.1) is 0 Å². The molecule has 2 aromatic carbocycles. The van der Waals surface area contributed by atoms with Crippen LogP contribution in [0.1, 0.15) is 12.7 Å². The number of fused-ring (bicyclic) bond motifs is 1. The predicted molar refractivity (Wildman–Crippen MR) is 119 cm³/mol. The van der Waals surface area contributed by atoms with E-state index in [0.29, 0.717) is 28.4 Å². The minimum absolute atomic E-state index is 0.0411. The van der Waals surface area contributed by atoms with Crippen molar-refractivity contribution in [3.63, 3.8) is 0 Å². The van der Waals surface area contributed by atoms with E-state index in [2.05, 4.69) is 4.98 Å². The molecule has 6 nitrogen and oxygen atoms in total. The molecule has 2 heterocycles. The van der Waals surface area contributed by atoms with Gasteiger partial charge < -0.3 is 9.32 Å². The number of anilines is 1. The molecule has 0 saturated heterocycles. The molecule has 30 heavy (non-hydrogen) atoms. The first kappa shape index (κ1) is 20.0. The second-order valence-electron chi connectivity index (χ2n) is 6.64. The fourth-order valence-corrected chi connectivity index (χ4v) is 4.15. The lowest BCUT2D eigenvalue weighted by Gasteiger charge is -2.21. The van der Waals surface area contributed by atoms with Crippen molar-refractivity contribution in [3.05, 3.63) is 89.1 Å². The first-order valence-corrected chi connectivity index (χ1v) is 10.7. The van der Waals surface area contributed by atoms with E-state index in [9.17, 15) is 9.59 Å². The maximum Gasteiger partial charge on any atom is 0.262 e. The van der Waals surface area contributed by atoms with E-state index < -0.39 is 0 Å². The number of nitrogens with zero attached hydrogens (tertiary/aromatic N) is 3. The van der Waals surface area contributed by atoms with E-state index >= 15 is 0 Å². The van der Waals surface area contributed by atoms with Crippen molar-refractivity contribution in [1.82, 2.24) is 9.55 Å². The Hall–Kier alpha value is -3.32. The number of thioether (sulfide) groups is 1. The number of hydrogen-bond donors (Lipinski definition) is 0. The summed E-state index contributed by atoms with van der Waals surface area (Å²) < 4.78 is 6.99. The zero-order valence-corrected chi connectivity index (χ0v) is 17.3. The number of amides is 1. The van der Waals surface area contributed by atoms with Gasteiger partial charge in [0.2, 0.25) is 5.91 Å². The van der Waals surface area contributed by atoms with Crippen LogP contribution < -0.4 is 10.5 Å². The second kappa shape index (κ2) is 9.00. The van der Waals surface area contributed by atoms with Gasteiger partial charge in [-0.2, -0.15) is 0 Å². The molecule has 0 radical (unpaired) electrons. The minimum atomic E-state index is -0.151. The number of rotatable bonds is 7. The van der Waals surface area contributed by atoms with Crippen LogP contribution in [-0.4, -0.2) is 27.8 Å². The second-order valence-corrected chi connectivity index (χ2v) is 7.59. The van der Waals surface area contributed by atoms with Crippen LogP contribution >= 0.6 is 11.8 Å². The Morgan fingerprint density at radius 1 is 1.07 bits per heavy atom. The van der Waals surface area contributed by atoms with Gasteiger partial charge in [0.25, 0.3) is 5.56 Å². The summed E-state index contributed by atoms with van der Waals surface area (Å²) in [5, 5.41) is 1.03. The molecule has 7 heteroatoms. The molecule has 0 bridgehead atoms. The standard InChI is InChI=1S/C23H21N3O3S/c1-2-25(17-9-4-3-5-10-17)21(27)16-30-23-24-20-13-7-6-12-19(20)22(28)26(23)15-18-11-8-14-29-18/h3-14H,2,15-16H2,1H3. The number of carbonyl (C=O) groups excluding carboxylic acids is 1. The summed E-state index contributed by atoms with van der Waals surface area (Å²) in [7, 11) is 0. The van der Waals surface area contributed by atoms with E-state index in [1.165, 1.54) is 11.8 Å². The van der Waals surface area contributed by atoms with Crippen LogP contribution in [0.25, 0.3) is 10.9 Å². The largest absolute Gasteiger partial charge is 0.467 e. The van der Waals surface area contributed by atoms with Crippen molar-refractivity contribution < 1.29 is 9.21 Å². The molecule has 0 aliphatic heterocycles. The highest BCUT2D eigenvalue weighted by molar-refractivity contribution is 7.99. The monoisotopic (exact) mass is 419 g/mol. The van der Waals surface area contributed by atoms with E-state index in [4.69, 9.17) is 4.42 Å². The van der Waals surface area contributed by atoms with Gasteiger partial charge in [-0.3, -0.25) is 14.2 Å². The molecule has 4 rings (SSSR count). The molecule has 0 unspecified atom stereocenters. The van der Waals surface area contributed by atoms with Gasteiger partial charge >= 0.3 is 0 Å². The number of carbonyl (C=O) groups is 1. The van der Waals surface area contributed by atoms with Crippen LogP contribution in [0.4, 0.5) is 5.69 Å². The molecule has 152 valence electrons. The average Bonchev–Trinajstić information content (AvgIpc) is 3.29. The van der Waals surface area contributed by atoms with Gasteiger partial charge in [0.05, 0.1) is 29.5 Å². The summed E-state index contributed by atoms with van der Waals surface area (Å²) in [5.74, 6) is 0.786. The summed E-state index contributed by atoms with van der Waals surface area (Å²) >= 11 is 1.26. The SMILES string of the molecule is CCN(C(=O)CSc1nc2ccccc2c(=O)n1Cc1ccco1)c1ccccc1. The molecular formula is C23H21N3O3S. The van der Waals surface area contributed by atoms with Crippen LogP contribution in [0.15, 0.2) is 87.4 Å². The molecule has 4 aromatic rings. The summed E-state index contributed by atoms with van der Waals surface area (Å²) in [4.78, 5) is 32.4. The first-order chi connectivity index (χ1) is 14.7. The Bertz CT molecular complexity index is 1200. The van der Waals surface area contributed by atoms with Crippen molar-refractivity contribution >= 4 is 34.3 Å². The highest BCUT2D eigenvalue weighted by Crippen LogP contribution is 2.21. The number of furan rings is 1. The quantitative estimate of drug-likeness (QED) is 0.332. The third-order valence-electron chi connectivity index (χ3n) is 4.73. The Labute approximate surface area is 178 Å². The van der Waals surface area contributed by atoms with Crippen molar-refractivity contribution in [2.24, 2.45) is 0 Å². The van der Waals surface area contributed by atoms with Crippen LogP contribution in [0.5, 0.6) is 0 Å². The van der Waals surface area contributed by atoms with Crippen molar-refractivity contribution in [2.45, 2.75) is 18.6 Å². The van der Waals surface area contributed by atoms with Gasteiger partial charge in [0.1, 0.15) is 5.76 Å². The van der Waals surface area contributed by atoms with Gasteiger partial charge in [-0.1, -0.05) is 42.1 Å². The normalized spacial score (nSPS) is 11.0.